The number of aromatic nitrogens is 4. The fourth-order valence-electron chi connectivity index (χ4n) is 12.6. The van der Waals surface area contributed by atoms with Gasteiger partial charge in [0, 0.05) is 43.7 Å². The van der Waals surface area contributed by atoms with Crippen LogP contribution in [0.1, 0.15) is 72.2 Å². The summed E-state index contributed by atoms with van der Waals surface area (Å²) >= 11 is 0. The van der Waals surface area contributed by atoms with Gasteiger partial charge < -0.3 is 0 Å². The van der Waals surface area contributed by atoms with E-state index >= 15 is 0 Å². The number of benzene rings is 9. The number of rotatable bonds is 10. The molecule has 0 aliphatic heterocycles. The lowest BCUT2D eigenvalue weighted by atomic mass is 9.81. The maximum absolute atomic E-state index is 5.18. The molecule has 0 fully saturated rings. The standard InChI is InChI=1S/C76H56N6/c1-75(2)63-45-51(29-37-59(63)61-39-35-57(47-65(61)75)81(71-41-31-53-13-5-9-17-67(53)77-71)72-42-32-54-14-6-10-18-68(54)78-72)27-25-49-21-23-50(24-22-49)26-28-52-30-38-60-62-40-36-58(48-66(62)76(3,4)64(60)46-52)82(73-43-33-55-15-7-11-19-69(55)79-73)74-44-34-56-16-8-12-20-70(56)80-74/h5-48H,1-4H3/b27-25+,28-26+. The molecular weight excluding hydrogens is 997 g/mol. The second-order valence-electron chi connectivity index (χ2n) is 22.8. The molecule has 82 heavy (non-hydrogen) atoms. The summed E-state index contributed by atoms with van der Waals surface area (Å²) in [5.74, 6) is 3.30. The van der Waals surface area contributed by atoms with Crippen LogP contribution in [0, 0.1) is 0 Å². The molecule has 0 atom stereocenters. The van der Waals surface area contributed by atoms with Gasteiger partial charge in [-0.05, 0) is 164 Å². The Morgan fingerprint density at radius 2 is 0.537 bits per heavy atom. The van der Waals surface area contributed by atoms with Crippen LogP contribution in [0.2, 0.25) is 0 Å². The Morgan fingerprint density at radius 1 is 0.268 bits per heavy atom. The van der Waals surface area contributed by atoms with E-state index < -0.39 is 0 Å². The highest BCUT2D eigenvalue weighted by Gasteiger charge is 2.38. The Hall–Kier alpha value is -10.3. The van der Waals surface area contributed by atoms with Crippen molar-refractivity contribution >= 4 is 103 Å². The Bertz CT molecular complexity index is 4320. The molecule has 13 aromatic rings. The minimum atomic E-state index is -0.241. The van der Waals surface area contributed by atoms with Gasteiger partial charge in [-0.3, -0.25) is 9.80 Å². The summed E-state index contributed by atoms with van der Waals surface area (Å²) in [6.45, 7) is 9.38. The van der Waals surface area contributed by atoms with Gasteiger partial charge in [0.25, 0.3) is 0 Å². The number of anilines is 6. The van der Waals surface area contributed by atoms with Crippen LogP contribution in [-0.2, 0) is 10.8 Å². The molecule has 0 amide bonds. The van der Waals surface area contributed by atoms with Crippen molar-refractivity contribution in [2.24, 2.45) is 0 Å². The van der Waals surface area contributed by atoms with E-state index in [-0.39, 0.29) is 10.8 Å². The van der Waals surface area contributed by atoms with E-state index in [0.717, 1.165) is 89.4 Å². The summed E-state index contributed by atoms with van der Waals surface area (Å²) in [6, 6.07) is 86.4. The predicted octanol–water partition coefficient (Wildman–Crippen LogP) is 19.8. The van der Waals surface area contributed by atoms with Crippen molar-refractivity contribution in [2.75, 3.05) is 9.80 Å². The zero-order valence-electron chi connectivity index (χ0n) is 46.1. The third-order valence-electron chi connectivity index (χ3n) is 17.0. The molecule has 0 unspecified atom stereocenters. The van der Waals surface area contributed by atoms with Gasteiger partial charge in [-0.15, -0.1) is 0 Å². The largest absolute Gasteiger partial charge is 0.279 e. The van der Waals surface area contributed by atoms with E-state index in [1.165, 1.54) is 55.6 Å². The smallest absolute Gasteiger partial charge is 0.139 e. The average Bonchev–Trinajstić information content (AvgIpc) is 3.60. The molecule has 15 rings (SSSR count). The van der Waals surface area contributed by atoms with Crippen molar-refractivity contribution in [3.63, 3.8) is 0 Å². The van der Waals surface area contributed by atoms with Crippen molar-refractivity contribution in [3.05, 3.63) is 287 Å². The van der Waals surface area contributed by atoms with Crippen LogP contribution in [0.15, 0.2) is 243 Å². The quantitative estimate of drug-likeness (QED) is 0.127. The first-order valence-electron chi connectivity index (χ1n) is 28.2. The summed E-state index contributed by atoms with van der Waals surface area (Å²) in [5.41, 5.74) is 20.3. The normalized spacial score (nSPS) is 13.7. The molecule has 0 bridgehead atoms. The van der Waals surface area contributed by atoms with E-state index in [2.05, 4.69) is 280 Å². The fraction of sp³-hybridized carbons (Fsp3) is 0.0789. The van der Waals surface area contributed by atoms with Crippen LogP contribution in [0.4, 0.5) is 34.6 Å². The number of hydrogen-bond donors (Lipinski definition) is 0. The summed E-state index contributed by atoms with van der Waals surface area (Å²) in [7, 11) is 0. The van der Waals surface area contributed by atoms with Gasteiger partial charge in [-0.25, -0.2) is 19.9 Å². The molecule has 0 saturated carbocycles. The van der Waals surface area contributed by atoms with E-state index in [1.807, 2.05) is 24.3 Å². The minimum absolute atomic E-state index is 0.241. The Kier molecular flexibility index (Phi) is 11.4. The molecular formula is C76H56N6. The lowest BCUT2D eigenvalue weighted by molar-refractivity contribution is 0.660. The van der Waals surface area contributed by atoms with Gasteiger partial charge in [0.15, 0.2) is 0 Å². The van der Waals surface area contributed by atoms with Crippen LogP contribution in [-0.4, -0.2) is 19.9 Å². The molecule has 4 aromatic heterocycles. The number of hydrogen-bond acceptors (Lipinski definition) is 6. The summed E-state index contributed by atoms with van der Waals surface area (Å²) in [5, 5.41) is 4.42. The van der Waals surface area contributed by atoms with Crippen molar-refractivity contribution in [3.8, 4) is 22.3 Å². The summed E-state index contributed by atoms with van der Waals surface area (Å²) in [6.07, 6.45) is 8.91. The second-order valence-corrected chi connectivity index (χ2v) is 22.8. The Morgan fingerprint density at radius 3 is 0.866 bits per heavy atom. The van der Waals surface area contributed by atoms with Crippen molar-refractivity contribution < 1.29 is 0 Å². The molecule has 9 aromatic carbocycles. The van der Waals surface area contributed by atoms with E-state index in [4.69, 9.17) is 19.9 Å². The minimum Gasteiger partial charge on any atom is -0.279 e. The Balaban J connectivity index is 0.666. The van der Waals surface area contributed by atoms with Gasteiger partial charge in [0.05, 0.1) is 22.1 Å². The molecule has 2 aliphatic rings. The highest BCUT2D eigenvalue weighted by atomic mass is 15.2. The fourth-order valence-corrected chi connectivity index (χ4v) is 12.6. The first kappa shape index (κ1) is 48.8. The monoisotopic (exact) mass is 1050 g/mol. The summed E-state index contributed by atoms with van der Waals surface area (Å²) < 4.78 is 0. The molecule has 0 N–H and O–H groups in total. The first-order chi connectivity index (χ1) is 40.1. The third kappa shape index (κ3) is 8.42. The van der Waals surface area contributed by atoms with Crippen molar-refractivity contribution in [1.29, 1.82) is 0 Å². The highest BCUT2D eigenvalue weighted by Crippen LogP contribution is 2.53. The maximum atomic E-state index is 5.18. The second kappa shape index (κ2) is 19.2. The van der Waals surface area contributed by atoms with Crippen LogP contribution < -0.4 is 9.80 Å². The number of para-hydroxylation sites is 4. The molecule has 6 heteroatoms. The maximum Gasteiger partial charge on any atom is 0.139 e. The van der Waals surface area contributed by atoms with Gasteiger partial charge in [0.1, 0.15) is 23.3 Å². The lowest BCUT2D eigenvalue weighted by Gasteiger charge is -2.27. The number of nitrogens with zero attached hydrogens (tertiary/aromatic N) is 6. The summed E-state index contributed by atoms with van der Waals surface area (Å²) in [4.78, 5) is 25.1. The van der Waals surface area contributed by atoms with Crippen molar-refractivity contribution in [1.82, 2.24) is 19.9 Å². The van der Waals surface area contributed by atoms with Crippen LogP contribution in [0.25, 0.3) is 90.2 Å². The third-order valence-corrected chi connectivity index (χ3v) is 17.0. The van der Waals surface area contributed by atoms with Crippen LogP contribution in [0.3, 0.4) is 0 Å². The van der Waals surface area contributed by atoms with Gasteiger partial charge in [-0.1, -0.05) is 198 Å². The topological polar surface area (TPSA) is 58.0 Å². The molecule has 0 spiro atoms. The van der Waals surface area contributed by atoms with Gasteiger partial charge in [0.2, 0.25) is 0 Å². The van der Waals surface area contributed by atoms with E-state index in [0.29, 0.717) is 0 Å². The van der Waals surface area contributed by atoms with E-state index in [1.54, 1.807) is 0 Å². The molecule has 2 aliphatic carbocycles. The predicted molar refractivity (Wildman–Crippen MR) is 343 cm³/mol. The van der Waals surface area contributed by atoms with Crippen LogP contribution >= 0.6 is 0 Å². The SMILES string of the molecule is CC1(C)c2cc(/C=C/c3ccc(/C=C/c4ccc5c(c4)C(C)(C)c4cc(N(c6ccc7ccccc7n6)c6ccc7ccccc7n6)ccc4-5)cc3)ccc2-c2ccc(N(c3ccc4ccccc4n3)c3ccc4ccccc4n3)cc21. The zero-order chi connectivity index (χ0) is 55.1. The molecule has 0 radical (unpaired) electrons. The lowest BCUT2D eigenvalue weighted by Crippen LogP contribution is -2.17. The Labute approximate surface area is 477 Å². The van der Waals surface area contributed by atoms with E-state index in [9.17, 15) is 0 Å². The molecule has 4 heterocycles. The first-order valence-corrected chi connectivity index (χ1v) is 28.2. The molecule has 390 valence electrons. The van der Waals surface area contributed by atoms with Gasteiger partial charge >= 0.3 is 0 Å². The van der Waals surface area contributed by atoms with Gasteiger partial charge in [-0.2, -0.15) is 0 Å². The number of fused-ring (bicyclic) bond motifs is 10. The van der Waals surface area contributed by atoms with Crippen molar-refractivity contribution in [2.45, 2.75) is 38.5 Å². The highest BCUT2D eigenvalue weighted by molar-refractivity contribution is 5.92. The molecule has 6 nitrogen and oxygen atoms in total. The van der Waals surface area contributed by atoms with Crippen LogP contribution in [0.5, 0.6) is 0 Å². The zero-order valence-corrected chi connectivity index (χ0v) is 46.1. The number of pyridine rings is 4. The average molecular weight is 1050 g/mol. The molecule has 0 saturated heterocycles.